The number of alkyl halides is 3. The van der Waals surface area contributed by atoms with E-state index in [9.17, 15) is 32.3 Å². The van der Waals surface area contributed by atoms with Gasteiger partial charge in [-0.15, -0.1) is 0 Å². The lowest BCUT2D eigenvalue weighted by Crippen LogP contribution is -2.52. The van der Waals surface area contributed by atoms with Crippen LogP contribution in [0.1, 0.15) is 19.4 Å². The number of hydrogen-bond donors (Lipinski definition) is 3. The van der Waals surface area contributed by atoms with Gasteiger partial charge in [-0.1, -0.05) is 13.8 Å². The average molecular weight is 430 g/mol. The molecule has 0 bridgehead atoms. The molecule has 1 saturated heterocycles. The fourth-order valence-electron chi connectivity index (χ4n) is 2.61. The average Bonchev–Trinajstić information content (AvgIpc) is 2.65. The number of anilines is 2. The Balaban J connectivity index is 2.33. The molecule has 4 N–H and O–H groups in total. The van der Waals surface area contributed by atoms with Crippen LogP contribution in [-0.2, 0) is 30.1 Å². The van der Waals surface area contributed by atoms with Gasteiger partial charge in [0.15, 0.2) is 6.04 Å². The molecule has 9 nitrogen and oxygen atoms in total. The second kappa shape index (κ2) is 9.11. The minimum Gasteiger partial charge on any atom is -0.370 e. The lowest BCUT2D eigenvalue weighted by molar-refractivity contribution is -0.137. The summed E-state index contributed by atoms with van der Waals surface area (Å²) in [4.78, 5) is 48.7. The second-order valence-corrected chi connectivity index (χ2v) is 6.81. The number of ether oxygens (including phenoxy) is 1. The van der Waals surface area contributed by atoms with Crippen LogP contribution in [0.5, 0.6) is 0 Å². The van der Waals surface area contributed by atoms with Crippen molar-refractivity contribution in [3.05, 3.63) is 23.8 Å². The molecule has 1 aromatic carbocycles. The molecule has 0 unspecified atom stereocenters. The number of nitrogens with two attached hydrogens (primary N) is 1. The smallest absolute Gasteiger partial charge is 0.370 e. The van der Waals surface area contributed by atoms with Crippen LogP contribution in [-0.4, -0.2) is 49.4 Å². The number of hydrogen-bond acceptors (Lipinski definition) is 5. The zero-order valence-electron chi connectivity index (χ0n) is 16.2. The van der Waals surface area contributed by atoms with Crippen LogP contribution in [0.2, 0.25) is 0 Å². The second-order valence-electron chi connectivity index (χ2n) is 6.81. The maximum Gasteiger partial charge on any atom is 0.418 e. The zero-order valence-corrected chi connectivity index (χ0v) is 16.2. The SMILES string of the molecule is CC(C)C(=O)N[C@@H](C(N)=O)C(=O)Nc1ccc(N2CCOCC2=O)cc1C(F)(F)F. The lowest BCUT2D eigenvalue weighted by atomic mass is 10.1. The predicted molar refractivity (Wildman–Crippen MR) is 99.2 cm³/mol. The Hall–Kier alpha value is -3.15. The predicted octanol–water partition coefficient (Wildman–Crippen LogP) is 0.633. The maximum absolute atomic E-state index is 13.6. The van der Waals surface area contributed by atoms with Crippen LogP contribution in [0.15, 0.2) is 18.2 Å². The number of rotatable bonds is 6. The Bertz CT molecular complexity index is 857. The molecule has 2 rings (SSSR count). The summed E-state index contributed by atoms with van der Waals surface area (Å²) in [5.74, 6) is -4.22. The minimum absolute atomic E-state index is 0.0202. The first-order valence-electron chi connectivity index (χ1n) is 8.91. The van der Waals surface area contributed by atoms with Gasteiger partial charge in [-0.3, -0.25) is 19.2 Å². The molecule has 164 valence electrons. The van der Waals surface area contributed by atoms with Gasteiger partial charge < -0.3 is 26.0 Å². The van der Waals surface area contributed by atoms with Crippen molar-refractivity contribution in [2.24, 2.45) is 11.7 Å². The Labute approximate surface area is 169 Å². The van der Waals surface area contributed by atoms with Crippen molar-refractivity contribution >= 4 is 35.0 Å². The van der Waals surface area contributed by atoms with E-state index in [0.29, 0.717) is 6.07 Å². The van der Waals surface area contributed by atoms with Crippen LogP contribution in [0.4, 0.5) is 24.5 Å². The van der Waals surface area contributed by atoms with Crippen LogP contribution in [0.25, 0.3) is 0 Å². The molecule has 0 saturated carbocycles. The van der Waals surface area contributed by atoms with E-state index in [-0.39, 0.29) is 25.4 Å². The van der Waals surface area contributed by atoms with E-state index in [2.05, 4.69) is 5.32 Å². The summed E-state index contributed by atoms with van der Waals surface area (Å²) in [6, 6.07) is 1.04. The third-order valence-electron chi connectivity index (χ3n) is 4.22. The normalized spacial score (nSPS) is 15.7. The Morgan fingerprint density at radius 1 is 1.20 bits per heavy atom. The first kappa shape index (κ1) is 23.1. The van der Waals surface area contributed by atoms with Gasteiger partial charge in [0.1, 0.15) is 6.61 Å². The number of halogens is 3. The van der Waals surface area contributed by atoms with E-state index in [0.717, 1.165) is 11.0 Å². The number of nitrogens with zero attached hydrogens (tertiary/aromatic N) is 1. The monoisotopic (exact) mass is 430 g/mol. The largest absolute Gasteiger partial charge is 0.418 e. The number of primary amides is 1. The van der Waals surface area contributed by atoms with Crippen molar-refractivity contribution in [3.63, 3.8) is 0 Å². The van der Waals surface area contributed by atoms with Gasteiger partial charge in [-0.2, -0.15) is 13.2 Å². The number of benzene rings is 1. The van der Waals surface area contributed by atoms with E-state index in [1.165, 1.54) is 19.9 Å². The first-order valence-corrected chi connectivity index (χ1v) is 8.91. The highest BCUT2D eigenvalue weighted by molar-refractivity contribution is 6.12. The first-order chi connectivity index (χ1) is 13.9. The molecule has 1 atom stereocenters. The molecule has 30 heavy (non-hydrogen) atoms. The molecule has 0 radical (unpaired) electrons. The van der Waals surface area contributed by atoms with Gasteiger partial charge in [0.25, 0.3) is 11.8 Å². The van der Waals surface area contributed by atoms with Crippen LogP contribution < -0.4 is 21.3 Å². The van der Waals surface area contributed by atoms with Crippen molar-refractivity contribution in [3.8, 4) is 0 Å². The van der Waals surface area contributed by atoms with E-state index in [4.69, 9.17) is 10.5 Å². The molecular formula is C18H21F3N4O5. The molecular weight excluding hydrogens is 409 g/mol. The topological polar surface area (TPSA) is 131 Å². The van der Waals surface area contributed by atoms with Crippen molar-refractivity contribution in [2.75, 3.05) is 30.0 Å². The van der Waals surface area contributed by atoms with E-state index >= 15 is 0 Å². The van der Waals surface area contributed by atoms with Crippen LogP contribution in [0.3, 0.4) is 0 Å². The fraction of sp³-hybridized carbons (Fsp3) is 0.444. The molecule has 1 aromatic rings. The summed E-state index contributed by atoms with van der Waals surface area (Å²) in [6.07, 6.45) is -4.88. The molecule has 0 spiro atoms. The van der Waals surface area contributed by atoms with Gasteiger partial charge in [0.05, 0.1) is 17.9 Å². The number of amides is 4. The third kappa shape index (κ3) is 5.47. The van der Waals surface area contributed by atoms with Crippen molar-refractivity contribution < 1.29 is 37.1 Å². The zero-order chi connectivity index (χ0) is 22.6. The van der Waals surface area contributed by atoms with Gasteiger partial charge >= 0.3 is 6.18 Å². The molecule has 1 aliphatic heterocycles. The summed E-state index contributed by atoms with van der Waals surface area (Å²) in [6.45, 7) is 2.99. The Morgan fingerprint density at radius 3 is 2.40 bits per heavy atom. The molecule has 1 aliphatic rings. The van der Waals surface area contributed by atoms with Crippen LogP contribution in [0, 0.1) is 5.92 Å². The standard InChI is InChI=1S/C18H21F3N4O5/c1-9(2)16(28)24-14(15(22)27)17(29)23-12-4-3-10(7-11(12)18(19,20)21)25-5-6-30-8-13(25)26/h3-4,7,9,14H,5-6,8H2,1-2H3,(H2,22,27)(H,23,29)(H,24,28)/t14-/m0/s1. The van der Waals surface area contributed by atoms with Crippen molar-refractivity contribution in [1.82, 2.24) is 5.32 Å². The number of carbonyl (C=O) groups excluding carboxylic acids is 4. The van der Waals surface area contributed by atoms with E-state index in [1.54, 1.807) is 0 Å². The molecule has 12 heteroatoms. The van der Waals surface area contributed by atoms with Gasteiger partial charge in [0, 0.05) is 18.2 Å². The van der Waals surface area contributed by atoms with Gasteiger partial charge in [-0.25, -0.2) is 0 Å². The number of nitrogens with one attached hydrogen (secondary N) is 2. The van der Waals surface area contributed by atoms with Gasteiger partial charge in [0.2, 0.25) is 11.8 Å². The minimum atomic E-state index is -4.88. The Kier molecular flexibility index (Phi) is 7.03. The molecule has 1 heterocycles. The van der Waals surface area contributed by atoms with Gasteiger partial charge in [-0.05, 0) is 18.2 Å². The fourth-order valence-corrected chi connectivity index (χ4v) is 2.61. The molecule has 1 fully saturated rings. The van der Waals surface area contributed by atoms with E-state index < -0.39 is 53.0 Å². The molecule has 0 aliphatic carbocycles. The highest BCUT2D eigenvalue weighted by Crippen LogP contribution is 2.37. The molecule has 0 aromatic heterocycles. The summed E-state index contributed by atoms with van der Waals surface area (Å²) >= 11 is 0. The number of carbonyl (C=O) groups is 4. The quantitative estimate of drug-likeness (QED) is 0.570. The molecule has 4 amide bonds. The summed E-state index contributed by atoms with van der Waals surface area (Å²) < 4.78 is 45.7. The maximum atomic E-state index is 13.6. The van der Waals surface area contributed by atoms with Crippen LogP contribution >= 0.6 is 0 Å². The summed E-state index contributed by atoms with van der Waals surface area (Å²) in [7, 11) is 0. The highest BCUT2D eigenvalue weighted by atomic mass is 19.4. The van der Waals surface area contributed by atoms with Crippen molar-refractivity contribution in [2.45, 2.75) is 26.1 Å². The number of morpholine rings is 1. The lowest BCUT2D eigenvalue weighted by Gasteiger charge is -2.28. The summed E-state index contributed by atoms with van der Waals surface area (Å²) in [5, 5.41) is 4.07. The highest BCUT2D eigenvalue weighted by Gasteiger charge is 2.36. The van der Waals surface area contributed by atoms with Crippen molar-refractivity contribution in [1.29, 1.82) is 0 Å². The summed E-state index contributed by atoms with van der Waals surface area (Å²) in [5.41, 5.74) is 3.21. The van der Waals surface area contributed by atoms with E-state index in [1.807, 2.05) is 5.32 Å². The Morgan fingerprint density at radius 2 is 1.87 bits per heavy atom. The third-order valence-corrected chi connectivity index (χ3v) is 4.22.